The van der Waals surface area contributed by atoms with E-state index in [2.05, 4.69) is 30.0 Å². The van der Waals surface area contributed by atoms with Crippen molar-refractivity contribution in [1.29, 1.82) is 0 Å². The molecule has 0 aliphatic heterocycles. The minimum atomic E-state index is -4.74. The Labute approximate surface area is 221 Å². The number of ether oxygens (including phenoxy) is 1. The summed E-state index contributed by atoms with van der Waals surface area (Å²) in [7, 11) is 0. The number of aryl methyl sites for hydroxylation is 1. The second-order valence-electron chi connectivity index (χ2n) is 10.7. The molecule has 0 radical (unpaired) electrons. The number of nitrogen functional groups attached to an aromatic ring is 1. The zero-order valence-corrected chi connectivity index (χ0v) is 21.0. The first-order valence-electron chi connectivity index (χ1n) is 13.1. The molecule has 0 amide bonds. The summed E-state index contributed by atoms with van der Waals surface area (Å²) >= 11 is 0. The van der Waals surface area contributed by atoms with E-state index in [9.17, 15) is 23.4 Å². The summed E-state index contributed by atoms with van der Waals surface area (Å²) in [6.07, 6.45) is 0.978. The number of anilines is 1. The third-order valence-electron chi connectivity index (χ3n) is 8.10. The summed E-state index contributed by atoms with van der Waals surface area (Å²) in [4.78, 5) is 15.9. The molecule has 0 saturated heterocycles. The molecule has 13 heteroatoms. The van der Waals surface area contributed by atoms with Crippen molar-refractivity contribution >= 4 is 27.9 Å². The van der Waals surface area contributed by atoms with Gasteiger partial charge in [0, 0.05) is 37.2 Å². The number of aromatic amines is 1. The Morgan fingerprint density at radius 3 is 2.74 bits per heavy atom. The molecule has 39 heavy (non-hydrogen) atoms. The highest BCUT2D eigenvalue weighted by atomic mass is 19.4. The molecular weight excluding hydrogens is 515 g/mol. The van der Waals surface area contributed by atoms with Crippen molar-refractivity contribution in [3.8, 4) is 5.75 Å². The van der Waals surface area contributed by atoms with Gasteiger partial charge in [-0.2, -0.15) is 0 Å². The maximum atomic E-state index is 12.5. The monoisotopic (exact) mass is 545 g/mol. The minimum Gasteiger partial charge on any atom is -0.406 e. The standard InChI is InChI=1S/C26H30F3N7O3/c27-26(28,29)39-16-2-3-18-19(10-16)35-21(34-18)4-1-13-7-15(8-13)31-11-14-9-20(23(38)22(14)37)36-6-5-17-24(30)32-12-33-25(17)36/h2-3,5-6,10,12-15,20,22-23,31,37-38H,1,4,7-9,11H2,(H,34,35)(H2,30,32,33)/t13?,14-,15?,20-,22-,23+/m1/s1. The van der Waals surface area contributed by atoms with Crippen LogP contribution in [0.15, 0.2) is 36.8 Å². The SMILES string of the molecule is Nc1ncnc2c1ccn2[C@@H]1C[C@H](CNC2CC(CCc3nc4cc(OC(F)(F)F)ccc4[nH]3)C2)[C@@H](O)[C@H]1O. The van der Waals surface area contributed by atoms with Crippen LogP contribution < -0.4 is 15.8 Å². The molecule has 0 spiro atoms. The van der Waals surface area contributed by atoms with Crippen LogP contribution >= 0.6 is 0 Å². The third kappa shape index (κ3) is 5.25. The van der Waals surface area contributed by atoms with E-state index < -0.39 is 18.6 Å². The van der Waals surface area contributed by atoms with Gasteiger partial charge in [-0.25, -0.2) is 15.0 Å². The Balaban J connectivity index is 0.972. The van der Waals surface area contributed by atoms with E-state index in [1.165, 1.54) is 24.5 Å². The lowest BCUT2D eigenvalue weighted by molar-refractivity contribution is -0.274. The predicted molar refractivity (Wildman–Crippen MR) is 137 cm³/mol. The lowest BCUT2D eigenvalue weighted by atomic mass is 9.77. The quantitative estimate of drug-likeness (QED) is 0.227. The average molecular weight is 546 g/mol. The zero-order valence-electron chi connectivity index (χ0n) is 21.0. The summed E-state index contributed by atoms with van der Waals surface area (Å²) in [5.74, 6) is 1.26. The van der Waals surface area contributed by atoms with Gasteiger partial charge < -0.3 is 35.6 Å². The molecule has 4 aromatic rings. The molecule has 2 aliphatic rings. The molecule has 3 heterocycles. The van der Waals surface area contributed by atoms with Crippen LogP contribution in [0.1, 0.15) is 37.5 Å². The van der Waals surface area contributed by atoms with Gasteiger partial charge in [-0.05, 0) is 49.8 Å². The van der Waals surface area contributed by atoms with Crippen LogP contribution in [0.3, 0.4) is 0 Å². The fourth-order valence-corrected chi connectivity index (χ4v) is 5.99. The van der Waals surface area contributed by atoms with E-state index in [1.54, 1.807) is 0 Å². The Hall–Kier alpha value is -3.42. The van der Waals surface area contributed by atoms with E-state index >= 15 is 0 Å². The second kappa shape index (κ2) is 9.96. The topological polar surface area (TPSA) is 147 Å². The highest BCUT2D eigenvalue weighted by molar-refractivity contribution is 5.86. The summed E-state index contributed by atoms with van der Waals surface area (Å²) in [6.45, 7) is 0.605. The molecule has 1 aromatic carbocycles. The number of nitrogens with two attached hydrogens (primary N) is 1. The van der Waals surface area contributed by atoms with Gasteiger partial charge in [0.1, 0.15) is 35.5 Å². The van der Waals surface area contributed by atoms with Gasteiger partial charge in [0.15, 0.2) is 0 Å². The number of hydrogen-bond acceptors (Lipinski definition) is 8. The Morgan fingerprint density at radius 2 is 1.95 bits per heavy atom. The van der Waals surface area contributed by atoms with Crippen molar-refractivity contribution in [1.82, 2.24) is 29.8 Å². The van der Waals surface area contributed by atoms with E-state index in [-0.39, 0.29) is 17.7 Å². The van der Waals surface area contributed by atoms with Crippen LogP contribution in [-0.4, -0.2) is 65.9 Å². The van der Waals surface area contributed by atoms with Crippen LogP contribution in [-0.2, 0) is 6.42 Å². The highest BCUT2D eigenvalue weighted by Gasteiger charge is 2.43. The normalized spacial score (nSPS) is 27.3. The van der Waals surface area contributed by atoms with Gasteiger partial charge in [-0.1, -0.05) is 0 Å². The largest absolute Gasteiger partial charge is 0.573 e. The first-order chi connectivity index (χ1) is 18.6. The average Bonchev–Trinajstić information content (AvgIpc) is 3.53. The van der Waals surface area contributed by atoms with Crippen molar-refractivity contribution < 1.29 is 28.1 Å². The summed E-state index contributed by atoms with van der Waals surface area (Å²) in [6, 6.07) is 5.97. The molecule has 0 unspecified atom stereocenters. The van der Waals surface area contributed by atoms with Crippen LogP contribution in [0.5, 0.6) is 5.75 Å². The zero-order chi connectivity index (χ0) is 27.3. The maximum Gasteiger partial charge on any atom is 0.573 e. The van der Waals surface area contributed by atoms with E-state index in [4.69, 9.17) is 5.73 Å². The smallest absolute Gasteiger partial charge is 0.406 e. The number of hydrogen-bond donors (Lipinski definition) is 5. The number of fused-ring (bicyclic) bond motifs is 2. The number of H-pyrrole nitrogens is 1. The molecule has 0 bridgehead atoms. The van der Waals surface area contributed by atoms with Gasteiger partial charge in [-0.15, -0.1) is 13.2 Å². The van der Waals surface area contributed by atoms with Crippen molar-refractivity contribution in [3.05, 3.63) is 42.6 Å². The molecule has 208 valence electrons. The van der Waals surface area contributed by atoms with Crippen LogP contribution in [0.4, 0.5) is 19.0 Å². The number of aromatic nitrogens is 5. The molecule has 10 nitrogen and oxygen atoms in total. The molecule has 3 aromatic heterocycles. The van der Waals surface area contributed by atoms with Gasteiger partial charge in [0.05, 0.1) is 28.6 Å². The highest BCUT2D eigenvalue weighted by Crippen LogP contribution is 2.38. The van der Waals surface area contributed by atoms with Crippen molar-refractivity contribution in [3.63, 3.8) is 0 Å². The second-order valence-corrected chi connectivity index (χ2v) is 10.7. The fraction of sp³-hybridized carbons (Fsp3) is 0.500. The van der Waals surface area contributed by atoms with Gasteiger partial charge in [-0.3, -0.25) is 0 Å². The van der Waals surface area contributed by atoms with Gasteiger partial charge in [0.2, 0.25) is 0 Å². The molecule has 2 aliphatic carbocycles. The minimum absolute atomic E-state index is 0.0950. The Bertz CT molecular complexity index is 1470. The van der Waals surface area contributed by atoms with Crippen LogP contribution in [0, 0.1) is 11.8 Å². The van der Waals surface area contributed by atoms with Crippen molar-refractivity contribution in [2.45, 2.75) is 62.8 Å². The number of alkyl halides is 3. The predicted octanol–water partition coefficient (Wildman–Crippen LogP) is 3.07. The fourth-order valence-electron chi connectivity index (χ4n) is 5.99. The number of imidazole rings is 1. The molecule has 4 atom stereocenters. The van der Waals surface area contributed by atoms with Crippen molar-refractivity contribution in [2.24, 2.45) is 11.8 Å². The lowest BCUT2D eigenvalue weighted by Crippen LogP contribution is -2.44. The van der Waals surface area contributed by atoms with Gasteiger partial charge in [0.25, 0.3) is 0 Å². The first kappa shape index (κ1) is 25.8. The summed E-state index contributed by atoms with van der Waals surface area (Å²) in [5, 5.41) is 25.7. The Kier molecular flexibility index (Phi) is 6.60. The third-order valence-corrected chi connectivity index (χ3v) is 8.10. The van der Waals surface area contributed by atoms with Crippen molar-refractivity contribution in [2.75, 3.05) is 12.3 Å². The number of halogens is 3. The van der Waals surface area contributed by atoms with E-state index in [0.717, 1.165) is 30.5 Å². The number of aliphatic hydroxyl groups excluding tert-OH is 2. The van der Waals surface area contributed by atoms with E-state index in [1.807, 2.05) is 16.8 Å². The number of nitrogens with one attached hydrogen (secondary N) is 2. The number of rotatable bonds is 8. The van der Waals surface area contributed by atoms with Crippen LogP contribution in [0.2, 0.25) is 0 Å². The molecular formula is C26H30F3N7O3. The number of aliphatic hydroxyl groups is 2. The first-order valence-corrected chi connectivity index (χ1v) is 13.1. The van der Waals surface area contributed by atoms with Crippen LogP contribution in [0.25, 0.3) is 22.1 Å². The Morgan fingerprint density at radius 1 is 1.13 bits per heavy atom. The number of nitrogens with zero attached hydrogens (tertiary/aromatic N) is 4. The summed E-state index contributed by atoms with van der Waals surface area (Å²) < 4.78 is 43.2. The maximum absolute atomic E-state index is 12.5. The molecule has 6 rings (SSSR count). The molecule has 6 N–H and O–H groups in total. The lowest BCUT2D eigenvalue weighted by Gasteiger charge is -2.37. The molecule has 2 saturated carbocycles. The summed E-state index contributed by atoms with van der Waals surface area (Å²) in [5.41, 5.74) is 7.70. The number of benzene rings is 1. The van der Waals surface area contributed by atoms with E-state index in [0.29, 0.717) is 53.8 Å². The molecule has 2 fully saturated rings. The van der Waals surface area contributed by atoms with Gasteiger partial charge >= 0.3 is 6.36 Å².